The fraction of sp³-hybridized carbons (Fsp3) is 0.533. The maximum atomic E-state index is 12.1. The summed E-state index contributed by atoms with van der Waals surface area (Å²) < 4.78 is 0. The number of aliphatic hydroxyl groups excluding tert-OH is 1. The minimum Gasteiger partial charge on any atom is -0.393 e. The zero-order valence-electron chi connectivity index (χ0n) is 11.6. The SMILES string of the molecule is CC1CN(C(=O)CSCc2ccc(Cl)cc2)CCC1O. The van der Waals surface area contributed by atoms with Crippen molar-refractivity contribution in [2.24, 2.45) is 5.92 Å². The number of hydrogen-bond donors (Lipinski definition) is 1. The highest BCUT2D eigenvalue weighted by atomic mass is 35.5. The summed E-state index contributed by atoms with van der Waals surface area (Å²) in [7, 11) is 0. The highest BCUT2D eigenvalue weighted by Crippen LogP contribution is 2.19. The van der Waals surface area contributed by atoms with Crippen LogP contribution in [-0.2, 0) is 10.5 Å². The van der Waals surface area contributed by atoms with E-state index >= 15 is 0 Å². The molecule has 0 bridgehead atoms. The first-order valence-corrected chi connectivity index (χ1v) is 8.37. The molecular formula is C15H20ClNO2S. The molecule has 1 aromatic carbocycles. The third-order valence-electron chi connectivity index (χ3n) is 3.62. The van der Waals surface area contributed by atoms with Crippen molar-refractivity contribution < 1.29 is 9.90 Å². The molecule has 2 unspecified atom stereocenters. The highest BCUT2D eigenvalue weighted by Gasteiger charge is 2.26. The number of rotatable bonds is 4. The van der Waals surface area contributed by atoms with Crippen LogP contribution in [0.1, 0.15) is 18.9 Å². The van der Waals surface area contributed by atoms with Gasteiger partial charge in [0.2, 0.25) is 5.91 Å². The molecule has 1 aliphatic rings. The first-order valence-electron chi connectivity index (χ1n) is 6.84. The second-order valence-electron chi connectivity index (χ2n) is 5.29. The Hall–Kier alpha value is -0.710. The number of thioether (sulfide) groups is 1. The monoisotopic (exact) mass is 313 g/mol. The van der Waals surface area contributed by atoms with Crippen LogP contribution in [0.3, 0.4) is 0 Å². The molecule has 0 spiro atoms. The van der Waals surface area contributed by atoms with Gasteiger partial charge in [0, 0.05) is 23.9 Å². The normalized spacial score (nSPS) is 22.9. The molecule has 1 heterocycles. The number of benzene rings is 1. The van der Waals surface area contributed by atoms with E-state index in [2.05, 4.69) is 0 Å². The lowest BCUT2D eigenvalue weighted by molar-refractivity contribution is -0.131. The van der Waals surface area contributed by atoms with E-state index in [1.165, 1.54) is 5.56 Å². The second kappa shape index (κ2) is 7.34. The molecule has 0 radical (unpaired) electrons. The smallest absolute Gasteiger partial charge is 0.232 e. The maximum absolute atomic E-state index is 12.1. The first kappa shape index (κ1) is 15.7. The van der Waals surface area contributed by atoms with Gasteiger partial charge in [-0.3, -0.25) is 4.79 Å². The van der Waals surface area contributed by atoms with Gasteiger partial charge in [0.15, 0.2) is 0 Å². The zero-order valence-corrected chi connectivity index (χ0v) is 13.2. The third kappa shape index (κ3) is 4.40. The third-order valence-corrected chi connectivity index (χ3v) is 4.86. The van der Waals surface area contributed by atoms with E-state index in [0.29, 0.717) is 25.3 Å². The van der Waals surface area contributed by atoms with E-state index in [4.69, 9.17) is 11.6 Å². The lowest BCUT2D eigenvalue weighted by Gasteiger charge is -2.34. The van der Waals surface area contributed by atoms with Crippen LogP contribution in [0.25, 0.3) is 0 Å². The number of amides is 1. The topological polar surface area (TPSA) is 40.5 Å². The summed E-state index contributed by atoms with van der Waals surface area (Å²) in [6, 6.07) is 7.71. The summed E-state index contributed by atoms with van der Waals surface area (Å²) in [6.07, 6.45) is 0.426. The van der Waals surface area contributed by atoms with Gasteiger partial charge in [-0.25, -0.2) is 0 Å². The van der Waals surface area contributed by atoms with Gasteiger partial charge in [0.05, 0.1) is 11.9 Å². The van der Waals surface area contributed by atoms with Gasteiger partial charge in [-0.1, -0.05) is 30.7 Å². The Bertz CT molecular complexity index is 452. The molecule has 0 aromatic heterocycles. The molecular weight excluding hydrogens is 294 g/mol. The van der Waals surface area contributed by atoms with Gasteiger partial charge in [0.1, 0.15) is 0 Å². The number of halogens is 1. The van der Waals surface area contributed by atoms with Gasteiger partial charge in [-0.05, 0) is 30.0 Å². The van der Waals surface area contributed by atoms with Crippen LogP contribution in [0, 0.1) is 5.92 Å². The molecule has 3 nitrogen and oxygen atoms in total. The summed E-state index contributed by atoms with van der Waals surface area (Å²) in [6.45, 7) is 3.33. The first-order chi connectivity index (χ1) is 9.56. The largest absolute Gasteiger partial charge is 0.393 e. The van der Waals surface area contributed by atoms with Crippen molar-refractivity contribution >= 4 is 29.3 Å². The van der Waals surface area contributed by atoms with Gasteiger partial charge in [-0.2, -0.15) is 0 Å². The Kier molecular flexibility index (Phi) is 5.75. The van der Waals surface area contributed by atoms with E-state index in [0.717, 1.165) is 10.8 Å². The Morgan fingerprint density at radius 2 is 2.15 bits per heavy atom. The standard InChI is InChI=1S/C15H20ClNO2S/c1-11-8-17(7-6-14(11)18)15(19)10-20-9-12-2-4-13(16)5-3-12/h2-5,11,14,18H,6-10H2,1H3. The molecule has 1 N–H and O–H groups in total. The molecule has 0 aliphatic carbocycles. The predicted octanol–water partition coefficient (Wildman–Crippen LogP) is 2.80. The molecule has 0 saturated carbocycles. The number of likely N-dealkylation sites (tertiary alicyclic amines) is 1. The van der Waals surface area contributed by atoms with Crippen molar-refractivity contribution in [1.29, 1.82) is 0 Å². The number of aliphatic hydroxyl groups is 1. The second-order valence-corrected chi connectivity index (χ2v) is 6.71. The fourth-order valence-electron chi connectivity index (χ4n) is 2.29. The average Bonchev–Trinajstić information content (AvgIpc) is 2.44. The molecule has 1 aliphatic heterocycles. The molecule has 1 amide bonds. The quantitative estimate of drug-likeness (QED) is 0.929. The summed E-state index contributed by atoms with van der Waals surface area (Å²) in [4.78, 5) is 14.0. The Labute approximate surface area is 129 Å². The van der Waals surface area contributed by atoms with Crippen molar-refractivity contribution in [3.63, 3.8) is 0 Å². The highest BCUT2D eigenvalue weighted by molar-refractivity contribution is 7.99. The number of nitrogens with zero attached hydrogens (tertiary/aromatic N) is 1. The molecule has 1 saturated heterocycles. The number of hydrogen-bond acceptors (Lipinski definition) is 3. The molecule has 2 atom stereocenters. The maximum Gasteiger partial charge on any atom is 0.232 e. The molecule has 20 heavy (non-hydrogen) atoms. The summed E-state index contributed by atoms with van der Waals surface area (Å²) in [5, 5.41) is 10.4. The van der Waals surface area contributed by atoms with Crippen molar-refractivity contribution in [3.05, 3.63) is 34.9 Å². The van der Waals surface area contributed by atoms with E-state index in [1.54, 1.807) is 11.8 Å². The summed E-state index contributed by atoms with van der Waals surface area (Å²) in [5.41, 5.74) is 1.18. The minimum atomic E-state index is -0.263. The van der Waals surface area contributed by atoms with Crippen molar-refractivity contribution in [1.82, 2.24) is 4.90 Å². The molecule has 1 fully saturated rings. The summed E-state index contributed by atoms with van der Waals surface area (Å²) >= 11 is 7.45. The Balaban J connectivity index is 1.74. The lowest BCUT2D eigenvalue weighted by Crippen LogP contribution is -2.45. The van der Waals surface area contributed by atoms with Crippen LogP contribution in [0.15, 0.2) is 24.3 Å². The van der Waals surface area contributed by atoms with Crippen molar-refractivity contribution in [2.75, 3.05) is 18.8 Å². The van der Waals surface area contributed by atoms with Crippen LogP contribution < -0.4 is 0 Å². The van der Waals surface area contributed by atoms with Crippen LogP contribution in [0.2, 0.25) is 5.02 Å². The van der Waals surface area contributed by atoms with Gasteiger partial charge < -0.3 is 10.0 Å². The van der Waals surface area contributed by atoms with E-state index in [1.807, 2.05) is 36.1 Å². The number of carbonyl (C=O) groups is 1. The Morgan fingerprint density at radius 3 is 2.80 bits per heavy atom. The lowest BCUT2D eigenvalue weighted by atomic mass is 9.97. The predicted molar refractivity (Wildman–Crippen MR) is 84.0 cm³/mol. The zero-order chi connectivity index (χ0) is 14.5. The van der Waals surface area contributed by atoms with Gasteiger partial charge in [0.25, 0.3) is 0 Å². The summed E-state index contributed by atoms with van der Waals surface area (Å²) in [5.74, 6) is 1.65. The fourth-order valence-corrected chi connectivity index (χ4v) is 3.30. The molecule has 5 heteroatoms. The van der Waals surface area contributed by atoms with Crippen LogP contribution >= 0.6 is 23.4 Å². The van der Waals surface area contributed by atoms with Crippen molar-refractivity contribution in [3.8, 4) is 0 Å². The molecule has 1 aromatic rings. The van der Waals surface area contributed by atoms with E-state index < -0.39 is 0 Å². The van der Waals surface area contributed by atoms with E-state index in [-0.39, 0.29) is 17.9 Å². The molecule has 110 valence electrons. The average molecular weight is 314 g/mol. The molecule has 2 rings (SSSR count). The number of carbonyl (C=O) groups excluding carboxylic acids is 1. The van der Waals surface area contributed by atoms with E-state index in [9.17, 15) is 9.90 Å². The number of piperidine rings is 1. The van der Waals surface area contributed by atoms with Gasteiger partial charge >= 0.3 is 0 Å². The van der Waals surface area contributed by atoms with Crippen LogP contribution in [-0.4, -0.2) is 40.9 Å². The van der Waals surface area contributed by atoms with Gasteiger partial charge in [-0.15, -0.1) is 11.8 Å². The van der Waals surface area contributed by atoms with Crippen molar-refractivity contribution in [2.45, 2.75) is 25.2 Å². The van der Waals surface area contributed by atoms with Crippen LogP contribution in [0.5, 0.6) is 0 Å². The van der Waals surface area contributed by atoms with Crippen LogP contribution in [0.4, 0.5) is 0 Å². The minimum absolute atomic E-state index is 0.169. The Morgan fingerprint density at radius 1 is 1.45 bits per heavy atom.